The molecule has 1 saturated heterocycles. The average Bonchev–Trinajstić information content (AvgIpc) is 2.86. The van der Waals surface area contributed by atoms with Crippen molar-refractivity contribution in [1.82, 2.24) is 4.90 Å². The number of likely N-dealkylation sites (tertiary alicyclic amines) is 1. The van der Waals surface area contributed by atoms with Gasteiger partial charge in [-0.25, -0.2) is 4.79 Å². The molecule has 0 bridgehead atoms. The number of anilines is 2. The molecule has 0 spiro atoms. The number of piperidine rings is 1. The first kappa shape index (κ1) is 23.5. The van der Waals surface area contributed by atoms with Gasteiger partial charge in [-0.2, -0.15) is 5.26 Å². The van der Waals surface area contributed by atoms with Gasteiger partial charge in [-0.05, 0) is 68.1 Å². The Hall–Kier alpha value is -3.66. The molecule has 1 aliphatic rings. The fourth-order valence-corrected chi connectivity index (χ4v) is 4.52. The Kier molecular flexibility index (Phi) is 7.92. The van der Waals surface area contributed by atoms with Crippen LogP contribution in [-0.4, -0.2) is 35.7 Å². The SMILES string of the molecule is N#Cc1cccc(NC(=O)Nc2ccccc2C(O)CN2CCC(Cc3ccccc3)CC2)c1. The molecule has 6 nitrogen and oxygen atoms in total. The summed E-state index contributed by atoms with van der Waals surface area (Å²) in [5.74, 6) is 0.674. The molecule has 4 rings (SSSR count). The van der Waals surface area contributed by atoms with E-state index in [1.807, 2.05) is 18.2 Å². The number of rotatable bonds is 7. The Morgan fingerprint density at radius 1 is 1.00 bits per heavy atom. The summed E-state index contributed by atoms with van der Waals surface area (Å²) in [7, 11) is 0. The van der Waals surface area contributed by atoms with Crippen molar-refractivity contribution in [2.24, 2.45) is 5.92 Å². The number of hydrogen-bond acceptors (Lipinski definition) is 4. The molecular weight excluding hydrogens is 424 g/mol. The van der Waals surface area contributed by atoms with E-state index in [0.29, 0.717) is 35.0 Å². The maximum Gasteiger partial charge on any atom is 0.323 e. The summed E-state index contributed by atoms with van der Waals surface area (Å²) in [6, 6.07) is 26.3. The van der Waals surface area contributed by atoms with Crippen LogP contribution < -0.4 is 10.6 Å². The van der Waals surface area contributed by atoms with Crippen molar-refractivity contribution < 1.29 is 9.90 Å². The van der Waals surface area contributed by atoms with Gasteiger partial charge in [0.1, 0.15) is 0 Å². The lowest BCUT2D eigenvalue weighted by atomic mass is 9.90. The van der Waals surface area contributed by atoms with Gasteiger partial charge in [0.15, 0.2) is 0 Å². The number of nitriles is 1. The summed E-state index contributed by atoms with van der Waals surface area (Å²) in [6.45, 7) is 2.45. The van der Waals surface area contributed by atoms with E-state index < -0.39 is 12.1 Å². The molecule has 1 atom stereocenters. The molecule has 3 aromatic carbocycles. The van der Waals surface area contributed by atoms with Crippen molar-refractivity contribution in [3.8, 4) is 6.07 Å². The lowest BCUT2D eigenvalue weighted by molar-refractivity contribution is 0.0897. The third-order valence-corrected chi connectivity index (χ3v) is 6.32. The van der Waals surface area contributed by atoms with Crippen LogP contribution in [0.5, 0.6) is 0 Å². The zero-order valence-corrected chi connectivity index (χ0v) is 19.2. The highest BCUT2D eigenvalue weighted by Gasteiger charge is 2.23. The van der Waals surface area contributed by atoms with Crippen molar-refractivity contribution in [2.45, 2.75) is 25.4 Å². The highest BCUT2D eigenvalue weighted by Crippen LogP contribution is 2.27. The lowest BCUT2D eigenvalue weighted by Gasteiger charge is -2.33. The number of hydrogen-bond donors (Lipinski definition) is 3. The Morgan fingerprint density at radius 3 is 2.50 bits per heavy atom. The summed E-state index contributed by atoms with van der Waals surface area (Å²) in [5, 5.41) is 25.6. The van der Waals surface area contributed by atoms with Crippen molar-refractivity contribution in [2.75, 3.05) is 30.3 Å². The fraction of sp³-hybridized carbons (Fsp3) is 0.286. The molecule has 2 amide bonds. The van der Waals surface area contributed by atoms with Gasteiger partial charge in [0.25, 0.3) is 0 Å². The molecule has 6 heteroatoms. The number of carbonyl (C=O) groups is 1. The van der Waals surface area contributed by atoms with E-state index in [0.717, 1.165) is 32.4 Å². The molecular formula is C28H30N4O2. The number of nitrogens with zero attached hydrogens (tertiary/aromatic N) is 2. The molecule has 0 saturated carbocycles. The van der Waals surface area contributed by atoms with Crippen LogP contribution in [0, 0.1) is 17.2 Å². The Labute approximate surface area is 200 Å². The first-order valence-corrected chi connectivity index (χ1v) is 11.7. The van der Waals surface area contributed by atoms with Crippen molar-refractivity contribution in [3.05, 3.63) is 95.6 Å². The highest BCUT2D eigenvalue weighted by atomic mass is 16.3. The van der Waals surface area contributed by atoms with Crippen LogP contribution in [-0.2, 0) is 6.42 Å². The summed E-state index contributed by atoms with van der Waals surface area (Å²) in [5.41, 5.74) is 3.66. The van der Waals surface area contributed by atoms with Gasteiger partial charge in [-0.15, -0.1) is 0 Å². The monoisotopic (exact) mass is 454 g/mol. The first-order chi connectivity index (χ1) is 16.6. The largest absolute Gasteiger partial charge is 0.387 e. The van der Waals surface area contributed by atoms with Gasteiger partial charge in [-0.3, -0.25) is 0 Å². The van der Waals surface area contributed by atoms with Gasteiger partial charge in [-0.1, -0.05) is 54.6 Å². The quantitative estimate of drug-likeness (QED) is 0.458. The summed E-state index contributed by atoms with van der Waals surface area (Å²) in [4.78, 5) is 14.8. The molecule has 1 heterocycles. The number of aliphatic hydroxyl groups is 1. The standard InChI is InChI=1S/C28H30N4O2/c29-19-23-9-6-10-24(18-23)30-28(34)31-26-12-5-4-11-25(26)27(33)20-32-15-13-22(14-16-32)17-21-7-2-1-3-8-21/h1-12,18,22,27,33H,13-17,20H2,(H2,30,31,34). The minimum absolute atomic E-state index is 0.420. The van der Waals surface area contributed by atoms with E-state index in [-0.39, 0.29) is 0 Å². The molecule has 0 aliphatic carbocycles. The maximum atomic E-state index is 12.5. The second kappa shape index (κ2) is 11.5. The molecule has 3 aromatic rings. The van der Waals surface area contributed by atoms with Crippen molar-refractivity contribution in [1.29, 1.82) is 5.26 Å². The van der Waals surface area contributed by atoms with Crippen molar-refractivity contribution in [3.63, 3.8) is 0 Å². The smallest absolute Gasteiger partial charge is 0.323 e. The number of β-amino-alcohol motifs (C(OH)–C–C–N with tert-alkyl or cyclic N) is 1. The van der Waals surface area contributed by atoms with Crippen LogP contribution in [0.4, 0.5) is 16.2 Å². The van der Waals surface area contributed by atoms with E-state index in [4.69, 9.17) is 5.26 Å². The van der Waals surface area contributed by atoms with Gasteiger partial charge in [0.05, 0.1) is 17.7 Å². The van der Waals surface area contributed by atoms with Crippen molar-refractivity contribution >= 4 is 17.4 Å². The second-order valence-corrected chi connectivity index (χ2v) is 8.81. The molecule has 0 aromatic heterocycles. The lowest BCUT2D eigenvalue weighted by Crippen LogP contribution is -2.37. The minimum atomic E-state index is -0.705. The summed E-state index contributed by atoms with van der Waals surface area (Å²) in [6.07, 6.45) is 2.64. The normalized spacial score (nSPS) is 15.3. The number of carbonyl (C=O) groups excluding carboxylic acids is 1. The molecule has 174 valence electrons. The van der Waals surface area contributed by atoms with Gasteiger partial charge >= 0.3 is 6.03 Å². The van der Waals surface area contributed by atoms with Crippen LogP contribution in [0.25, 0.3) is 0 Å². The Morgan fingerprint density at radius 2 is 1.74 bits per heavy atom. The minimum Gasteiger partial charge on any atom is -0.387 e. The zero-order valence-electron chi connectivity index (χ0n) is 19.2. The number of aliphatic hydroxyl groups excluding tert-OH is 1. The van der Waals surface area contributed by atoms with Crippen LogP contribution in [0.3, 0.4) is 0 Å². The Balaban J connectivity index is 1.31. The van der Waals surface area contributed by atoms with Crippen LogP contribution in [0.1, 0.15) is 35.6 Å². The van der Waals surface area contributed by atoms with Crippen LogP contribution in [0.2, 0.25) is 0 Å². The zero-order chi connectivity index (χ0) is 23.8. The first-order valence-electron chi connectivity index (χ1n) is 11.7. The van der Waals surface area contributed by atoms with Gasteiger partial charge < -0.3 is 20.6 Å². The second-order valence-electron chi connectivity index (χ2n) is 8.81. The molecule has 1 aliphatic heterocycles. The predicted octanol–water partition coefficient (Wildman–Crippen LogP) is 5.19. The maximum absolute atomic E-state index is 12.5. The number of para-hydroxylation sites is 1. The molecule has 34 heavy (non-hydrogen) atoms. The van der Waals surface area contributed by atoms with E-state index in [9.17, 15) is 9.90 Å². The van der Waals surface area contributed by atoms with E-state index in [1.54, 1.807) is 30.3 Å². The third-order valence-electron chi connectivity index (χ3n) is 6.32. The van der Waals surface area contributed by atoms with Gasteiger partial charge in [0.2, 0.25) is 0 Å². The molecule has 1 unspecified atom stereocenters. The van der Waals surface area contributed by atoms with Gasteiger partial charge in [0, 0.05) is 23.5 Å². The molecule has 3 N–H and O–H groups in total. The van der Waals surface area contributed by atoms with E-state index >= 15 is 0 Å². The number of benzene rings is 3. The number of nitrogens with one attached hydrogen (secondary N) is 2. The molecule has 1 fully saturated rings. The predicted molar refractivity (Wildman–Crippen MR) is 135 cm³/mol. The average molecular weight is 455 g/mol. The van der Waals surface area contributed by atoms with E-state index in [2.05, 4.69) is 51.9 Å². The summed E-state index contributed by atoms with van der Waals surface area (Å²) < 4.78 is 0. The van der Waals surface area contributed by atoms with Crippen LogP contribution in [0.15, 0.2) is 78.9 Å². The summed E-state index contributed by atoms with van der Waals surface area (Å²) >= 11 is 0. The van der Waals surface area contributed by atoms with E-state index in [1.165, 1.54) is 5.56 Å². The topological polar surface area (TPSA) is 88.4 Å². The third kappa shape index (κ3) is 6.44. The fourth-order valence-electron chi connectivity index (χ4n) is 4.52. The van der Waals surface area contributed by atoms with Crippen LogP contribution >= 0.6 is 0 Å². The number of amides is 2. The Bertz CT molecular complexity index is 1130. The highest BCUT2D eigenvalue weighted by molar-refractivity contribution is 6.00. The molecule has 0 radical (unpaired) electrons. The number of urea groups is 1.